The summed E-state index contributed by atoms with van der Waals surface area (Å²) in [4.78, 5) is 15.0. The molecule has 0 saturated carbocycles. The first kappa shape index (κ1) is 16.3. The van der Waals surface area contributed by atoms with E-state index in [-0.39, 0.29) is 5.91 Å². The maximum Gasteiger partial charge on any atom is 0.252 e. The Morgan fingerprint density at radius 3 is 2.84 bits per heavy atom. The molecule has 4 rings (SSSR count). The van der Waals surface area contributed by atoms with Crippen molar-refractivity contribution >= 4 is 27.3 Å². The van der Waals surface area contributed by atoms with E-state index in [4.69, 9.17) is 0 Å². The average molecular weight is 350 g/mol. The average Bonchev–Trinajstić information content (AvgIpc) is 3.02. The first-order valence-electron chi connectivity index (χ1n) is 8.75. The van der Waals surface area contributed by atoms with Crippen LogP contribution < -0.4 is 5.32 Å². The Balaban J connectivity index is 1.37. The Hall–Kier alpha value is -2.17. The lowest BCUT2D eigenvalue weighted by Crippen LogP contribution is -2.52. The molecule has 1 amide bonds. The lowest BCUT2D eigenvalue weighted by Gasteiger charge is -2.41. The van der Waals surface area contributed by atoms with Crippen LogP contribution in [0.1, 0.15) is 27.9 Å². The minimum Gasteiger partial charge on any atom is -0.350 e. The number of carbonyl (C=O) groups is 1. The normalized spacial score (nSPS) is 17.4. The number of aryl methyl sites for hydroxylation is 1. The summed E-state index contributed by atoms with van der Waals surface area (Å²) in [5.74, 6) is 0.0432. The van der Waals surface area contributed by atoms with E-state index in [1.54, 1.807) is 11.3 Å². The number of likely N-dealkylation sites (tertiary alicyclic amines) is 1. The molecule has 25 heavy (non-hydrogen) atoms. The lowest BCUT2D eigenvalue weighted by molar-refractivity contribution is 0.0733. The van der Waals surface area contributed by atoms with Crippen LogP contribution in [0.2, 0.25) is 0 Å². The predicted octanol–water partition coefficient (Wildman–Crippen LogP) is 4.21. The van der Waals surface area contributed by atoms with Crippen molar-refractivity contribution in [2.24, 2.45) is 0 Å². The van der Waals surface area contributed by atoms with Gasteiger partial charge in [0, 0.05) is 41.1 Å². The zero-order chi connectivity index (χ0) is 17.2. The minimum absolute atomic E-state index is 0.0432. The summed E-state index contributed by atoms with van der Waals surface area (Å²) < 4.78 is 1.18. The van der Waals surface area contributed by atoms with Crippen LogP contribution in [0.5, 0.6) is 0 Å². The number of fused-ring (bicyclic) bond motifs is 1. The summed E-state index contributed by atoms with van der Waals surface area (Å²) in [6.07, 6.45) is 1.15. The Morgan fingerprint density at radius 1 is 1.24 bits per heavy atom. The van der Waals surface area contributed by atoms with Crippen LogP contribution in [0.15, 0.2) is 53.9 Å². The summed E-state index contributed by atoms with van der Waals surface area (Å²) in [6.45, 7) is 4.86. The summed E-state index contributed by atoms with van der Waals surface area (Å²) >= 11 is 1.64. The van der Waals surface area contributed by atoms with Crippen LogP contribution in [0, 0.1) is 6.92 Å². The van der Waals surface area contributed by atoms with E-state index in [9.17, 15) is 4.79 Å². The van der Waals surface area contributed by atoms with E-state index in [1.807, 2.05) is 11.4 Å². The Bertz CT molecular complexity index is 887. The van der Waals surface area contributed by atoms with Crippen molar-refractivity contribution in [1.82, 2.24) is 10.2 Å². The largest absolute Gasteiger partial charge is 0.350 e. The Morgan fingerprint density at radius 2 is 2.08 bits per heavy atom. The van der Waals surface area contributed by atoms with E-state index < -0.39 is 0 Å². The Kier molecular flexibility index (Phi) is 4.55. The first-order valence-corrected chi connectivity index (χ1v) is 9.63. The number of nitrogens with zero attached hydrogens (tertiary/aromatic N) is 1. The molecular formula is C21H22N2OS. The van der Waals surface area contributed by atoms with Gasteiger partial charge in [-0.05, 0) is 30.5 Å². The van der Waals surface area contributed by atoms with Crippen LogP contribution >= 0.6 is 11.3 Å². The molecule has 3 nitrogen and oxygen atoms in total. The molecule has 1 aliphatic rings. The van der Waals surface area contributed by atoms with E-state index >= 15 is 0 Å². The van der Waals surface area contributed by atoms with Crippen LogP contribution in [0.4, 0.5) is 0 Å². The van der Waals surface area contributed by atoms with Gasteiger partial charge in [0.1, 0.15) is 0 Å². The summed E-state index contributed by atoms with van der Waals surface area (Å²) in [7, 11) is 0. The van der Waals surface area contributed by atoms with Crippen molar-refractivity contribution in [3.63, 3.8) is 0 Å². The molecule has 0 radical (unpaired) electrons. The third kappa shape index (κ3) is 3.46. The zero-order valence-corrected chi connectivity index (χ0v) is 15.2. The maximum absolute atomic E-state index is 12.6. The molecular weight excluding hydrogens is 328 g/mol. The van der Waals surface area contributed by atoms with Gasteiger partial charge in [0.2, 0.25) is 0 Å². The van der Waals surface area contributed by atoms with Gasteiger partial charge in [-0.3, -0.25) is 9.69 Å². The van der Waals surface area contributed by atoms with Crippen LogP contribution in [0.3, 0.4) is 0 Å². The van der Waals surface area contributed by atoms with Gasteiger partial charge in [-0.15, -0.1) is 11.3 Å². The van der Waals surface area contributed by atoms with Crippen molar-refractivity contribution in [3.8, 4) is 0 Å². The monoisotopic (exact) mass is 350 g/mol. The molecule has 1 fully saturated rings. The van der Waals surface area contributed by atoms with Gasteiger partial charge >= 0.3 is 0 Å². The summed E-state index contributed by atoms with van der Waals surface area (Å²) in [6, 6.07) is 17.2. The van der Waals surface area contributed by atoms with Crippen LogP contribution in [-0.2, 0) is 6.54 Å². The fourth-order valence-electron chi connectivity index (χ4n) is 3.37. The molecule has 2 aromatic carbocycles. The highest BCUT2D eigenvalue weighted by atomic mass is 32.1. The van der Waals surface area contributed by atoms with Crippen LogP contribution in [-0.4, -0.2) is 29.9 Å². The second kappa shape index (κ2) is 6.98. The number of hydrogen-bond donors (Lipinski definition) is 1. The highest BCUT2D eigenvalue weighted by Gasteiger charge is 2.28. The molecule has 1 unspecified atom stereocenters. The number of carbonyl (C=O) groups excluding carboxylic acids is 1. The van der Waals surface area contributed by atoms with Crippen molar-refractivity contribution in [3.05, 3.63) is 70.6 Å². The molecule has 1 saturated heterocycles. The van der Waals surface area contributed by atoms with Crippen molar-refractivity contribution in [1.29, 1.82) is 0 Å². The summed E-state index contributed by atoms with van der Waals surface area (Å²) in [5.41, 5.74) is 3.36. The Labute approximate surface area is 152 Å². The lowest BCUT2D eigenvalue weighted by atomic mass is 10.0. The molecule has 1 aromatic heterocycles. The topological polar surface area (TPSA) is 32.3 Å². The molecule has 1 N–H and O–H groups in total. The van der Waals surface area contributed by atoms with E-state index in [2.05, 4.69) is 59.6 Å². The molecule has 0 bridgehead atoms. The van der Waals surface area contributed by atoms with Crippen LogP contribution in [0.25, 0.3) is 10.1 Å². The second-order valence-corrected chi connectivity index (χ2v) is 7.67. The fraction of sp³-hybridized carbons (Fsp3) is 0.286. The molecule has 1 aliphatic heterocycles. The van der Waals surface area contributed by atoms with E-state index in [0.29, 0.717) is 6.04 Å². The molecule has 1 atom stereocenters. The standard InChI is InChI=1S/C21H22N2OS/c1-15-7-8-18-19(14-25-20(18)11-15)21(24)22-12-17-9-10-23(17)13-16-5-3-2-4-6-16/h2-8,11,14,17H,9-10,12-13H2,1H3,(H,22,24). The number of amides is 1. The molecule has 0 spiro atoms. The van der Waals surface area contributed by atoms with Gasteiger partial charge in [-0.1, -0.05) is 42.5 Å². The van der Waals surface area contributed by atoms with Crippen molar-refractivity contribution < 1.29 is 4.79 Å². The second-order valence-electron chi connectivity index (χ2n) is 6.76. The predicted molar refractivity (Wildman–Crippen MR) is 104 cm³/mol. The zero-order valence-electron chi connectivity index (χ0n) is 14.4. The number of nitrogens with one attached hydrogen (secondary N) is 1. The molecule has 4 heteroatoms. The van der Waals surface area contributed by atoms with Gasteiger partial charge in [-0.2, -0.15) is 0 Å². The van der Waals surface area contributed by atoms with E-state index in [0.717, 1.165) is 37.0 Å². The number of rotatable bonds is 5. The van der Waals surface area contributed by atoms with Crippen molar-refractivity contribution in [2.45, 2.75) is 25.9 Å². The highest BCUT2D eigenvalue weighted by Crippen LogP contribution is 2.27. The molecule has 128 valence electrons. The molecule has 3 aromatic rings. The molecule has 0 aliphatic carbocycles. The quantitative estimate of drug-likeness (QED) is 0.747. The minimum atomic E-state index is 0.0432. The fourth-order valence-corrected chi connectivity index (χ4v) is 4.41. The van der Waals surface area contributed by atoms with Gasteiger partial charge in [0.25, 0.3) is 5.91 Å². The van der Waals surface area contributed by atoms with Gasteiger partial charge < -0.3 is 5.32 Å². The van der Waals surface area contributed by atoms with Crippen molar-refractivity contribution in [2.75, 3.05) is 13.1 Å². The number of benzene rings is 2. The third-order valence-electron chi connectivity index (χ3n) is 4.97. The number of hydrogen-bond acceptors (Lipinski definition) is 3. The van der Waals surface area contributed by atoms with E-state index in [1.165, 1.54) is 15.8 Å². The maximum atomic E-state index is 12.6. The SMILES string of the molecule is Cc1ccc2c(C(=O)NCC3CCN3Cc3ccccc3)csc2c1. The highest BCUT2D eigenvalue weighted by molar-refractivity contribution is 7.17. The van der Waals surface area contributed by atoms with Gasteiger partial charge in [0.05, 0.1) is 5.56 Å². The first-order chi connectivity index (χ1) is 12.2. The third-order valence-corrected chi connectivity index (χ3v) is 5.91. The molecule has 2 heterocycles. The van der Waals surface area contributed by atoms with Gasteiger partial charge in [0.15, 0.2) is 0 Å². The summed E-state index contributed by atoms with van der Waals surface area (Å²) in [5, 5.41) is 6.17. The number of thiophene rings is 1. The van der Waals surface area contributed by atoms with Gasteiger partial charge in [-0.25, -0.2) is 0 Å². The smallest absolute Gasteiger partial charge is 0.252 e.